The molecule has 5 rings (SSSR count). The van der Waals surface area contributed by atoms with Gasteiger partial charge in [-0.05, 0) is 35.4 Å². The number of sulfone groups is 1. The van der Waals surface area contributed by atoms with Gasteiger partial charge in [0.05, 0.1) is 23.7 Å². The monoisotopic (exact) mass is 405 g/mol. The molecular weight excluding hydrogens is 386 g/mol. The molecule has 1 aliphatic heterocycles. The Morgan fingerprint density at radius 1 is 1.03 bits per heavy atom. The van der Waals surface area contributed by atoms with E-state index in [0.29, 0.717) is 13.2 Å². The second kappa shape index (κ2) is 6.79. The Morgan fingerprint density at radius 3 is 2.55 bits per heavy atom. The standard InChI is InChI=1S/C22H19N3O3S/c1-29(26,27)22-10-8-17(12-23-22)16-7-9-18-19(11-16)25-20(13-28-14-21(25)24-18)15-5-3-2-4-6-15/h2-12,20H,13-14H2,1H3. The van der Waals surface area contributed by atoms with Crippen LogP contribution >= 0.6 is 0 Å². The molecule has 0 amide bonds. The van der Waals surface area contributed by atoms with Gasteiger partial charge < -0.3 is 9.30 Å². The minimum atomic E-state index is -3.32. The highest BCUT2D eigenvalue weighted by Crippen LogP contribution is 2.32. The molecule has 1 unspecified atom stereocenters. The van der Waals surface area contributed by atoms with Crippen LogP contribution in [0.2, 0.25) is 0 Å². The van der Waals surface area contributed by atoms with Crippen LogP contribution in [0.1, 0.15) is 17.4 Å². The number of imidazole rings is 1. The smallest absolute Gasteiger partial charge is 0.192 e. The summed E-state index contributed by atoms with van der Waals surface area (Å²) in [6.07, 6.45) is 2.76. The SMILES string of the molecule is CS(=O)(=O)c1ccc(-c2ccc3nc4n(c3c2)C(c2ccccc2)COC4)cn1. The molecule has 1 aliphatic rings. The Morgan fingerprint density at radius 2 is 1.83 bits per heavy atom. The lowest BCUT2D eigenvalue weighted by molar-refractivity contribution is 0.0679. The van der Waals surface area contributed by atoms with Crippen molar-refractivity contribution in [3.63, 3.8) is 0 Å². The van der Waals surface area contributed by atoms with Gasteiger partial charge in [0.1, 0.15) is 12.4 Å². The van der Waals surface area contributed by atoms with Crippen LogP contribution in [0.4, 0.5) is 0 Å². The van der Waals surface area contributed by atoms with E-state index in [9.17, 15) is 8.42 Å². The average molecular weight is 405 g/mol. The summed E-state index contributed by atoms with van der Waals surface area (Å²) in [4.78, 5) is 8.87. The van der Waals surface area contributed by atoms with Crippen molar-refractivity contribution >= 4 is 20.9 Å². The van der Waals surface area contributed by atoms with Gasteiger partial charge in [-0.1, -0.05) is 36.4 Å². The van der Waals surface area contributed by atoms with Crippen molar-refractivity contribution < 1.29 is 13.2 Å². The molecule has 3 heterocycles. The number of hydrogen-bond acceptors (Lipinski definition) is 5. The topological polar surface area (TPSA) is 74.1 Å². The summed E-state index contributed by atoms with van der Waals surface area (Å²) >= 11 is 0. The Hall–Kier alpha value is -3.03. The zero-order valence-corrected chi connectivity index (χ0v) is 16.6. The zero-order valence-electron chi connectivity index (χ0n) is 15.8. The lowest BCUT2D eigenvalue weighted by Gasteiger charge is -2.26. The predicted molar refractivity (Wildman–Crippen MR) is 110 cm³/mol. The molecule has 0 saturated heterocycles. The van der Waals surface area contributed by atoms with Gasteiger partial charge in [0.2, 0.25) is 0 Å². The largest absolute Gasteiger partial charge is 0.371 e. The third kappa shape index (κ3) is 3.22. The van der Waals surface area contributed by atoms with E-state index in [-0.39, 0.29) is 11.1 Å². The summed E-state index contributed by atoms with van der Waals surface area (Å²) in [5.74, 6) is 0.905. The summed E-state index contributed by atoms with van der Waals surface area (Å²) in [5, 5.41) is 0.0744. The highest BCUT2D eigenvalue weighted by atomic mass is 32.2. The van der Waals surface area contributed by atoms with Crippen LogP contribution in [-0.2, 0) is 21.2 Å². The fourth-order valence-electron chi connectivity index (χ4n) is 3.80. The minimum Gasteiger partial charge on any atom is -0.371 e. The fraction of sp³-hybridized carbons (Fsp3) is 0.182. The lowest BCUT2D eigenvalue weighted by Crippen LogP contribution is -2.24. The first-order valence-electron chi connectivity index (χ1n) is 9.31. The molecule has 0 radical (unpaired) electrons. The van der Waals surface area contributed by atoms with Crippen molar-refractivity contribution in [2.75, 3.05) is 12.9 Å². The number of pyridine rings is 1. The Kier molecular flexibility index (Phi) is 4.22. The number of aromatic nitrogens is 3. The lowest BCUT2D eigenvalue weighted by atomic mass is 10.0. The first-order chi connectivity index (χ1) is 14.0. The number of benzene rings is 2. The van der Waals surface area contributed by atoms with E-state index in [1.54, 1.807) is 18.3 Å². The second-order valence-corrected chi connectivity index (χ2v) is 9.16. The Labute approximate surface area is 168 Å². The number of ether oxygens (including phenoxy) is 1. The Balaban J connectivity index is 1.62. The molecule has 0 saturated carbocycles. The number of fused-ring (bicyclic) bond motifs is 3. The van der Waals surface area contributed by atoms with Crippen molar-refractivity contribution in [2.24, 2.45) is 0 Å². The van der Waals surface area contributed by atoms with Gasteiger partial charge in [0, 0.05) is 18.0 Å². The second-order valence-electron chi connectivity index (χ2n) is 7.20. The van der Waals surface area contributed by atoms with E-state index in [2.05, 4.69) is 27.8 Å². The van der Waals surface area contributed by atoms with E-state index >= 15 is 0 Å². The van der Waals surface area contributed by atoms with Gasteiger partial charge in [0.25, 0.3) is 0 Å². The molecular formula is C22H19N3O3S. The molecule has 1 atom stereocenters. The molecule has 0 aliphatic carbocycles. The van der Waals surface area contributed by atoms with Crippen molar-refractivity contribution in [1.82, 2.24) is 14.5 Å². The first-order valence-corrected chi connectivity index (χ1v) is 11.2. The molecule has 0 spiro atoms. The predicted octanol–water partition coefficient (Wildman–Crippen LogP) is 3.62. The van der Waals surface area contributed by atoms with Crippen molar-refractivity contribution in [1.29, 1.82) is 0 Å². The molecule has 6 nitrogen and oxygen atoms in total. The molecule has 7 heteroatoms. The summed E-state index contributed by atoms with van der Waals surface area (Å²) in [6.45, 7) is 1.08. The minimum absolute atomic E-state index is 0.0611. The van der Waals surface area contributed by atoms with E-state index in [1.165, 1.54) is 5.56 Å². The van der Waals surface area contributed by atoms with Crippen LogP contribution in [0.3, 0.4) is 0 Å². The highest BCUT2D eigenvalue weighted by Gasteiger charge is 2.25. The van der Waals surface area contributed by atoms with Crippen molar-refractivity contribution in [2.45, 2.75) is 17.7 Å². The van der Waals surface area contributed by atoms with E-state index < -0.39 is 9.84 Å². The van der Waals surface area contributed by atoms with Gasteiger partial charge in [-0.15, -0.1) is 0 Å². The van der Waals surface area contributed by atoms with Crippen LogP contribution in [0, 0.1) is 0 Å². The fourth-order valence-corrected chi connectivity index (χ4v) is 4.36. The van der Waals surface area contributed by atoms with Gasteiger partial charge in [-0.25, -0.2) is 18.4 Å². The molecule has 0 N–H and O–H groups in total. The number of rotatable bonds is 3. The van der Waals surface area contributed by atoms with Crippen LogP contribution in [0.5, 0.6) is 0 Å². The summed E-state index contributed by atoms with van der Waals surface area (Å²) < 4.78 is 31.4. The highest BCUT2D eigenvalue weighted by molar-refractivity contribution is 7.90. The van der Waals surface area contributed by atoms with Crippen LogP contribution in [0.15, 0.2) is 71.9 Å². The van der Waals surface area contributed by atoms with Crippen LogP contribution < -0.4 is 0 Å². The molecule has 2 aromatic heterocycles. The van der Waals surface area contributed by atoms with Crippen molar-refractivity contribution in [3.05, 3.63) is 78.2 Å². The summed E-state index contributed by atoms with van der Waals surface area (Å²) in [7, 11) is -3.32. The van der Waals surface area contributed by atoms with Gasteiger partial charge >= 0.3 is 0 Å². The quantitative estimate of drug-likeness (QED) is 0.520. The van der Waals surface area contributed by atoms with Gasteiger partial charge in [0.15, 0.2) is 14.9 Å². The van der Waals surface area contributed by atoms with Crippen LogP contribution in [0.25, 0.3) is 22.2 Å². The van der Waals surface area contributed by atoms with Gasteiger partial charge in [-0.2, -0.15) is 0 Å². The third-order valence-electron chi connectivity index (χ3n) is 5.22. The van der Waals surface area contributed by atoms with E-state index in [1.807, 2.05) is 30.3 Å². The zero-order chi connectivity index (χ0) is 20.0. The molecule has 0 bridgehead atoms. The number of nitrogens with zero attached hydrogens (tertiary/aromatic N) is 3. The first kappa shape index (κ1) is 18.0. The molecule has 29 heavy (non-hydrogen) atoms. The third-order valence-corrected chi connectivity index (χ3v) is 6.22. The summed E-state index contributed by atoms with van der Waals surface area (Å²) in [6, 6.07) is 19.7. The maximum absolute atomic E-state index is 11.7. The van der Waals surface area contributed by atoms with Gasteiger partial charge in [-0.3, -0.25) is 0 Å². The normalized spacial score (nSPS) is 16.7. The van der Waals surface area contributed by atoms with E-state index in [4.69, 9.17) is 9.72 Å². The van der Waals surface area contributed by atoms with E-state index in [0.717, 1.165) is 34.2 Å². The van der Waals surface area contributed by atoms with Crippen LogP contribution in [-0.4, -0.2) is 35.8 Å². The molecule has 0 fully saturated rings. The molecule has 4 aromatic rings. The summed E-state index contributed by atoms with van der Waals surface area (Å²) in [5.41, 5.74) is 4.94. The maximum atomic E-state index is 11.7. The maximum Gasteiger partial charge on any atom is 0.192 e. The Bertz CT molecular complexity index is 1300. The molecule has 146 valence electrons. The average Bonchev–Trinajstić information content (AvgIpc) is 3.12. The number of hydrogen-bond donors (Lipinski definition) is 0. The molecule has 2 aromatic carbocycles. The van der Waals surface area contributed by atoms with Crippen molar-refractivity contribution in [3.8, 4) is 11.1 Å².